The lowest BCUT2D eigenvalue weighted by atomic mass is 9.93. The molecule has 7 heteroatoms. The number of rotatable bonds is 6. The van der Waals surface area contributed by atoms with Crippen molar-refractivity contribution >= 4 is 40.6 Å². The molecule has 1 aliphatic rings. The van der Waals surface area contributed by atoms with E-state index in [0.29, 0.717) is 22.7 Å². The van der Waals surface area contributed by atoms with Gasteiger partial charge in [-0.3, -0.25) is 14.5 Å². The molecule has 1 N–H and O–H groups in total. The number of anilines is 1. The molecule has 0 saturated carbocycles. The first-order chi connectivity index (χ1) is 15.4. The van der Waals surface area contributed by atoms with Crippen molar-refractivity contribution in [3.63, 3.8) is 0 Å². The van der Waals surface area contributed by atoms with Crippen LogP contribution in [0.25, 0.3) is 0 Å². The average Bonchev–Trinajstić information content (AvgIpc) is 3.06. The van der Waals surface area contributed by atoms with Gasteiger partial charge in [-0.1, -0.05) is 59.6 Å². The zero-order valence-corrected chi connectivity index (χ0v) is 18.3. The molecular formula is C25H18Cl2FNO3. The zero-order valence-electron chi connectivity index (χ0n) is 16.8. The Kier molecular flexibility index (Phi) is 6.31. The van der Waals surface area contributed by atoms with Gasteiger partial charge in [-0.2, -0.15) is 0 Å². The molecule has 4 nitrogen and oxygen atoms in total. The van der Waals surface area contributed by atoms with Crippen molar-refractivity contribution in [1.82, 2.24) is 0 Å². The van der Waals surface area contributed by atoms with E-state index >= 15 is 0 Å². The highest BCUT2D eigenvalue weighted by atomic mass is 35.5. The topological polar surface area (TPSA) is 57.6 Å². The summed E-state index contributed by atoms with van der Waals surface area (Å²) in [5, 5.41) is 11.3. The molecule has 0 aliphatic carbocycles. The van der Waals surface area contributed by atoms with Crippen LogP contribution in [-0.4, -0.2) is 16.8 Å². The summed E-state index contributed by atoms with van der Waals surface area (Å²) in [5.74, 6) is -2.19. The van der Waals surface area contributed by atoms with Gasteiger partial charge in [0.25, 0.3) is 5.91 Å². The molecule has 32 heavy (non-hydrogen) atoms. The number of carbonyl (C=O) groups is 2. The third-order valence-electron chi connectivity index (χ3n) is 5.36. The highest BCUT2D eigenvalue weighted by Gasteiger charge is 2.44. The number of Topliss-reactive ketones (excluding diaryl/α,β-unsaturated/α-hetero) is 1. The maximum Gasteiger partial charge on any atom is 0.294 e. The fraction of sp³-hybridized carbons (Fsp3) is 0.120. The molecular weight excluding hydrogens is 452 g/mol. The number of nitrogens with zero attached hydrogens (tertiary/aromatic N) is 1. The summed E-state index contributed by atoms with van der Waals surface area (Å²) in [4.78, 5) is 27.5. The first-order valence-electron chi connectivity index (χ1n) is 9.91. The van der Waals surface area contributed by atoms with E-state index in [2.05, 4.69) is 0 Å². The van der Waals surface area contributed by atoms with E-state index in [1.165, 1.54) is 29.2 Å². The van der Waals surface area contributed by atoms with E-state index in [4.69, 9.17) is 23.2 Å². The van der Waals surface area contributed by atoms with E-state index in [1.807, 2.05) is 30.3 Å². The summed E-state index contributed by atoms with van der Waals surface area (Å²) in [5.41, 5.74) is 1.79. The molecule has 0 aromatic heterocycles. The molecule has 1 aliphatic heterocycles. The van der Waals surface area contributed by atoms with Gasteiger partial charge in [-0.15, -0.1) is 0 Å². The van der Waals surface area contributed by atoms with Crippen LogP contribution in [0.4, 0.5) is 10.1 Å². The van der Waals surface area contributed by atoms with Crippen LogP contribution in [0.2, 0.25) is 10.0 Å². The SMILES string of the molecule is O=C(CCc1ccccc1)C1=C(O)C(=O)N(c2ccc(F)cc2)C1c1ccc(Cl)c(Cl)c1. The lowest BCUT2D eigenvalue weighted by Gasteiger charge is -2.27. The van der Waals surface area contributed by atoms with Crippen LogP contribution in [0.1, 0.15) is 23.6 Å². The number of ketones is 1. The Morgan fingerprint density at radius 2 is 1.66 bits per heavy atom. The van der Waals surface area contributed by atoms with Crippen molar-refractivity contribution in [2.45, 2.75) is 18.9 Å². The molecule has 1 heterocycles. The molecule has 3 aromatic carbocycles. The minimum atomic E-state index is -0.925. The molecule has 3 aromatic rings. The highest BCUT2D eigenvalue weighted by molar-refractivity contribution is 6.42. The first kappa shape index (κ1) is 22.1. The van der Waals surface area contributed by atoms with Gasteiger partial charge in [0, 0.05) is 12.1 Å². The van der Waals surface area contributed by atoms with Crippen LogP contribution >= 0.6 is 23.2 Å². The van der Waals surface area contributed by atoms with Gasteiger partial charge in [0.05, 0.1) is 21.7 Å². The van der Waals surface area contributed by atoms with Crippen LogP contribution in [0, 0.1) is 5.82 Å². The number of carbonyl (C=O) groups excluding carboxylic acids is 2. The molecule has 1 unspecified atom stereocenters. The molecule has 0 radical (unpaired) electrons. The van der Waals surface area contributed by atoms with Crippen molar-refractivity contribution in [2.24, 2.45) is 0 Å². The van der Waals surface area contributed by atoms with Crippen molar-refractivity contribution in [1.29, 1.82) is 0 Å². The predicted molar refractivity (Wildman–Crippen MR) is 123 cm³/mol. The fourth-order valence-corrected chi connectivity index (χ4v) is 4.10. The number of aryl methyl sites for hydroxylation is 1. The van der Waals surface area contributed by atoms with Crippen molar-refractivity contribution in [3.05, 3.63) is 111 Å². The van der Waals surface area contributed by atoms with Crippen LogP contribution in [0.15, 0.2) is 84.1 Å². The van der Waals surface area contributed by atoms with E-state index in [0.717, 1.165) is 5.56 Å². The van der Waals surface area contributed by atoms with E-state index in [-0.39, 0.29) is 22.8 Å². The van der Waals surface area contributed by atoms with Crippen molar-refractivity contribution in [3.8, 4) is 0 Å². The maximum absolute atomic E-state index is 13.5. The number of aliphatic hydroxyl groups is 1. The Morgan fingerprint density at radius 1 is 0.969 bits per heavy atom. The summed E-state index contributed by atoms with van der Waals surface area (Å²) < 4.78 is 13.5. The van der Waals surface area contributed by atoms with Crippen molar-refractivity contribution in [2.75, 3.05) is 4.90 Å². The van der Waals surface area contributed by atoms with Gasteiger partial charge in [-0.05, 0) is 53.9 Å². The Bertz CT molecular complexity index is 1210. The van der Waals surface area contributed by atoms with E-state index in [9.17, 15) is 19.1 Å². The minimum absolute atomic E-state index is 0.0198. The molecule has 0 bridgehead atoms. The second kappa shape index (κ2) is 9.15. The van der Waals surface area contributed by atoms with Crippen LogP contribution < -0.4 is 4.90 Å². The first-order valence-corrected chi connectivity index (χ1v) is 10.7. The Morgan fingerprint density at radius 3 is 2.31 bits per heavy atom. The number of aliphatic hydroxyl groups excluding tert-OH is 1. The number of benzene rings is 3. The third kappa shape index (κ3) is 4.27. The van der Waals surface area contributed by atoms with Gasteiger partial charge in [-0.25, -0.2) is 4.39 Å². The van der Waals surface area contributed by atoms with Crippen molar-refractivity contribution < 1.29 is 19.1 Å². The summed E-state index contributed by atoms with van der Waals surface area (Å²) >= 11 is 12.2. The quantitative estimate of drug-likeness (QED) is 0.465. The predicted octanol–water partition coefficient (Wildman–Crippen LogP) is 6.23. The number of hydrogen-bond donors (Lipinski definition) is 1. The van der Waals surface area contributed by atoms with Gasteiger partial charge in [0.2, 0.25) is 0 Å². The van der Waals surface area contributed by atoms with Gasteiger partial charge >= 0.3 is 0 Å². The molecule has 0 saturated heterocycles. The Labute approximate surface area is 194 Å². The lowest BCUT2D eigenvalue weighted by Crippen LogP contribution is -2.31. The largest absolute Gasteiger partial charge is 0.503 e. The smallest absolute Gasteiger partial charge is 0.294 e. The second-order valence-corrected chi connectivity index (χ2v) is 8.21. The Balaban J connectivity index is 1.75. The van der Waals surface area contributed by atoms with Gasteiger partial charge in [0.15, 0.2) is 11.5 Å². The average molecular weight is 470 g/mol. The fourth-order valence-electron chi connectivity index (χ4n) is 3.79. The number of halogens is 3. The normalized spacial score (nSPS) is 16.0. The molecule has 0 spiro atoms. The number of hydrogen-bond acceptors (Lipinski definition) is 3. The molecule has 162 valence electrons. The second-order valence-electron chi connectivity index (χ2n) is 7.40. The van der Waals surface area contributed by atoms with Crippen LogP contribution in [0.5, 0.6) is 0 Å². The lowest BCUT2D eigenvalue weighted by molar-refractivity contribution is -0.118. The van der Waals surface area contributed by atoms with Gasteiger partial charge < -0.3 is 5.11 Å². The van der Waals surface area contributed by atoms with Crippen LogP contribution in [0.3, 0.4) is 0 Å². The minimum Gasteiger partial charge on any atom is -0.503 e. The summed E-state index contributed by atoms with van der Waals surface area (Å²) in [6.45, 7) is 0. The van der Waals surface area contributed by atoms with E-state index in [1.54, 1.807) is 18.2 Å². The summed E-state index contributed by atoms with van der Waals surface area (Å²) in [7, 11) is 0. The van der Waals surface area contributed by atoms with Gasteiger partial charge in [0.1, 0.15) is 5.82 Å². The van der Waals surface area contributed by atoms with E-state index < -0.39 is 23.5 Å². The third-order valence-corrected chi connectivity index (χ3v) is 6.10. The van der Waals surface area contributed by atoms with Crippen LogP contribution in [-0.2, 0) is 16.0 Å². The number of amides is 1. The summed E-state index contributed by atoms with van der Waals surface area (Å²) in [6.07, 6.45) is 0.557. The zero-order chi connectivity index (χ0) is 22.8. The molecule has 1 atom stereocenters. The summed E-state index contributed by atoms with van der Waals surface area (Å²) in [6, 6.07) is 18.6. The molecule has 0 fully saturated rings. The maximum atomic E-state index is 13.5. The Hall–Kier alpha value is -3.15. The molecule has 1 amide bonds. The molecule has 4 rings (SSSR count). The highest BCUT2D eigenvalue weighted by Crippen LogP contribution is 2.42. The monoisotopic (exact) mass is 469 g/mol. The standard InChI is InChI=1S/C25H18Cl2FNO3/c26-19-12-7-16(14-20(19)27)23-22(21(30)13-6-15-4-2-1-3-5-15)24(31)25(32)29(23)18-10-8-17(28)9-11-18/h1-5,7-12,14,23,31H,6,13H2.